The summed E-state index contributed by atoms with van der Waals surface area (Å²) in [5.41, 5.74) is 12.1. The van der Waals surface area contributed by atoms with Gasteiger partial charge in [-0.2, -0.15) is 10.2 Å². The summed E-state index contributed by atoms with van der Waals surface area (Å²) >= 11 is 1.54. The number of hydrogen-bond acceptors (Lipinski definition) is 12. The molecule has 6 heterocycles. The largest absolute Gasteiger partial charge is 0.473 e. The molecule has 240 valence electrons. The summed E-state index contributed by atoms with van der Waals surface area (Å²) in [5.74, 6) is 1.84. The number of nitriles is 1. The quantitative estimate of drug-likeness (QED) is 0.251. The summed E-state index contributed by atoms with van der Waals surface area (Å²) in [6, 6.07) is 6.44. The minimum atomic E-state index is -0.414. The number of aromatic nitrogens is 7. The van der Waals surface area contributed by atoms with Crippen molar-refractivity contribution in [2.45, 2.75) is 82.8 Å². The first kappa shape index (κ1) is 29.7. The molecule has 0 bridgehead atoms. The fourth-order valence-corrected chi connectivity index (χ4v) is 9.11. The Balaban J connectivity index is 1.23. The van der Waals surface area contributed by atoms with Crippen molar-refractivity contribution in [1.82, 2.24) is 40.0 Å². The van der Waals surface area contributed by atoms with Crippen molar-refractivity contribution in [3.05, 3.63) is 63.5 Å². The van der Waals surface area contributed by atoms with Gasteiger partial charge in [0.05, 0.1) is 17.5 Å². The Morgan fingerprint density at radius 2 is 2.06 bits per heavy atom. The molecule has 0 unspecified atom stereocenters. The number of rotatable bonds is 6. The summed E-state index contributed by atoms with van der Waals surface area (Å²) in [4.78, 5) is 17.7. The van der Waals surface area contributed by atoms with E-state index < -0.39 is 5.41 Å². The molecule has 1 saturated heterocycles. The number of nitrogens with zero attached hydrogens (tertiary/aromatic N) is 9. The summed E-state index contributed by atoms with van der Waals surface area (Å²) in [5, 5.41) is 24.3. The molecule has 1 aliphatic heterocycles. The summed E-state index contributed by atoms with van der Waals surface area (Å²) in [7, 11) is 2.14. The van der Waals surface area contributed by atoms with Gasteiger partial charge in [-0.05, 0) is 96.0 Å². The third-order valence-electron chi connectivity index (χ3n) is 10.2. The fourth-order valence-electron chi connectivity index (χ4n) is 7.95. The molecular formula is C34H36N10O2S. The Hall–Kier alpha value is -4.67. The molecule has 8 rings (SSSR count). The smallest absolute Gasteiger partial charge is 0.219 e. The number of aryl methyl sites for hydroxylation is 2. The molecule has 3 atom stereocenters. The van der Waals surface area contributed by atoms with Crippen LogP contribution in [0, 0.1) is 18.3 Å². The summed E-state index contributed by atoms with van der Waals surface area (Å²) in [6.45, 7) is 5.16. The van der Waals surface area contributed by atoms with Crippen molar-refractivity contribution in [1.29, 1.82) is 5.26 Å². The zero-order chi connectivity index (χ0) is 32.3. The van der Waals surface area contributed by atoms with Crippen molar-refractivity contribution in [3.8, 4) is 40.6 Å². The van der Waals surface area contributed by atoms with E-state index in [0.717, 1.165) is 85.9 Å². The molecule has 2 aliphatic carbocycles. The maximum absolute atomic E-state index is 10.1. The standard InChI is InChI=1S/C34H36N10O2S/c1-19-10-13-37-17-23(19)24-18-44(42-40-24)27-15-28(45-20(2)25-8-6-14-43(25)3)39-33(38-27)30-21-7-4-11-34(31(21)41-46-30)12-5-9-26-29(34)22(16-35)32(36)47-26/h10,13,15,17-18,20,25H,4-9,11-12,14,36H2,1-3H3/t20-,25-,34-/m0/s1. The van der Waals surface area contributed by atoms with Gasteiger partial charge in [0, 0.05) is 45.9 Å². The van der Waals surface area contributed by atoms with Crippen LogP contribution in [0.1, 0.15) is 78.3 Å². The number of fused-ring (bicyclic) bond motifs is 4. The van der Waals surface area contributed by atoms with Gasteiger partial charge >= 0.3 is 0 Å². The van der Waals surface area contributed by atoms with Crippen LogP contribution in [0.25, 0.3) is 28.7 Å². The van der Waals surface area contributed by atoms with Crippen LogP contribution in [0.4, 0.5) is 5.00 Å². The second-order valence-electron chi connectivity index (χ2n) is 13.0. The van der Waals surface area contributed by atoms with Crippen molar-refractivity contribution < 1.29 is 9.26 Å². The van der Waals surface area contributed by atoms with Gasteiger partial charge in [0.2, 0.25) is 17.5 Å². The van der Waals surface area contributed by atoms with Crippen LogP contribution in [0.2, 0.25) is 0 Å². The molecule has 13 heteroatoms. The van der Waals surface area contributed by atoms with Gasteiger partial charge in [0.1, 0.15) is 22.9 Å². The number of likely N-dealkylation sites (tertiary alicyclic amines) is 1. The molecule has 0 saturated carbocycles. The predicted octanol–water partition coefficient (Wildman–Crippen LogP) is 5.42. The number of ether oxygens (including phenoxy) is 1. The molecule has 5 aromatic rings. The Morgan fingerprint density at radius 1 is 1.21 bits per heavy atom. The van der Waals surface area contributed by atoms with Crippen LogP contribution in [0.5, 0.6) is 5.88 Å². The fraction of sp³-hybridized carbons (Fsp3) is 0.441. The molecule has 12 nitrogen and oxygen atoms in total. The zero-order valence-corrected chi connectivity index (χ0v) is 27.5. The van der Waals surface area contributed by atoms with E-state index in [2.05, 4.69) is 40.2 Å². The molecule has 0 amide bonds. The van der Waals surface area contributed by atoms with Gasteiger partial charge in [-0.1, -0.05) is 10.4 Å². The highest BCUT2D eigenvalue weighted by molar-refractivity contribution is 7.16. The highest BCUT2D eigenvalue weighted by Gasteiger charge is 2.48. The van der Waals surface area contributed by atoms with Gasteiger partial charge in [-0.25, -0.2) is 9.67 Å². The molecule has 5 aromatic heterocycles. The van der Waals surface area contributed by atoms with E-state index in [1.54, 1.807) is 23.1 Å². The van der Waals surface area contributed by atoms with Crippen LogP contribution in [-0.2, 0) is 18.3 Å². The number of pyridine rings is 1. The number of anilines is 1. The molecule has 2 N–H and O–H groups in total. The molecule has 0 aromatic carbocycles. The van der Waals surface area contributed by atoms with Gasteiger partial charge < -0.3 is 15.0 Å². The molecule has 1 spiro atoms. The van der Waals surface area contributed by atoms with Crippen LogP contribution in [-0.4, -0.2) is 65.7 Å². The minimum Gasteiger partial charge on any atom is -0.473 e. The van der Waals surface area contributed by atoms with Crippen molar-refractivity contribution >= 4 is 16.3 Å². The topological polar surface area (TPSA) is 158 Å². The number of thiophene rings is 1. The van der Waals surface area contributed by atoms with Crippen molar-refractivity contribution in [3.63, 3.8) is 0 Å². The highest BCUT2D eigenvalue weighted by atomic mass is 32.1. The third-order valence-corrected chi connectivity index (χ3v) is 11.3. The molecule has 3 aliphatic rings. The number of nitrogen functional groups attached to an aromatic ring is 1. The third kappa shape index (κ3) is 4.89. The van der Waals surface area contributed by atoms with E-state index in [9.17, 15) is 5.26 Å². The number of hydrogen-bond donors (Lipinski definition) is 1. The molecule has 0 radical (unpaired) electrons. The Kier molecular flexibility index (Phi) is 7.29. The second-order valence-corrected chi connectivity index (χ2v) is 14.2. The monoisotopic (exact) mass is 648 g/mol. The average molecular weight is 649 g/mol. The molecule has 47 heavy (non-hydrogen) atoms. The summed E-state index contributed by atoms with van der Waals surface area (Å²) in [6.07, 6.45) is 12.9. The van der Waals surface area contributed by atoms with E-state index in [1.165, 1.54) is 16.2 Å². The van der Waals surface area contributed by atoms with E-state index in [0.29, 0.717) is 39.5 Å². The average Bonchev–Trinajstić information content (AvgIpc) is 3.87. The minimum absolute atomic E-state index is 0.0940. The molecular weight excluding hydrogens is 613 g/mol. The zero-order valence-electron chi connectivity index (χ0n) is 26.7. The van der Waals surface area contributed by atoms with Gasteiger partial charge in [-0.15, -0.1) is 16.4 Å². The predicted molar refractivity (Wildman–Crippen MR) is 176 cm³/mol. The van der Waals surface area contributed by atoms with E-state index in [-0.39, 0.29) is 12.1 Å². The lowest BCUT2D eigenvalue weighted by Crippen LogP contribution is -2.38. The Labute approximate surface area is 276 Å². The SMILES string of the molecule is Cc1ccncc1-c1cn(-c2cc(O[C@@H](C)[C@@H]3CCCN3C)nc(-c3onc4c3CCC[C@@]43CCCc4sc(N)c(C#N)c43)n2)nn1. The number of likely N-dealkylation sites (N-methyl/N-ethyl adjacent to an activating group) is 1. The first-order chi connectivity index (χ1) is 22.9. The first-order valence-electron chi connectivity index (χ1n) is 16.3. The van der Waals surface area contributed by atoms with E-state index in [1.807, 2.05) is 19.2 Å². The molecule has 1 fully saturated rings. The maximum Gasteiger partial charge on any atom is 0.219 e. The lowest BCUT2D eigenvalue weighted by Gasteiger charge is -2.39. The Bertz CT molecular complexity index is 2020. The van der Waals surface area contributed by atoms with Crippen LogP contribution < -0.4 is 10.5 Å². The van der Waals surface area contributed by atoms with Crippen LogP contribution in [0.15, 0.2) is 35.2 Å². The van der Waals surface area contributed by atoms with Crippen LogP contribution in [0.3, 0.4) is 0 Å². The van der Waals surface area contributed by atoms with Crippen molar-refractivity contribution in [2.75, 3.05) is 19.3 Å². The lowest BCUT2D eigenvalue weighted by atomic mass is 9.62. The van der Waals surface area contributed by atoms with Gasteiger partial charge in [0.15, 0.2) is 5.82 Å². The second kappa shape index (κ2) is 11.5. The van der Waals surface area contributed by atoms with E-state index >= 15 is 0 Å². The maximum atomic E-state index is 10.1. The lowest BCUT2D eigenvalue weighted by molar-refractivity contribution is 0.117. The van der Waals surface area contributed by atoms with Crippen molar-refractivity contribution in [2.24, 2.45) is 0 Å². The Morgan fingerprint density at radius 3 is 2.85 bits per heavy atom. The van der Waals surface area contributed by atoms with Gasteiger partial charge in [0.25, 0.3) is 0 Å². The normalized spacial score (nSPS) is 21.4. The van der Waals surface area contributed by atoms with Gasteiger partial charge in [-0.3, -0.25) is 9.88 Å². The highest BCUT2D eigenvalue weighted by Crippen LogP contribution is 2.54. The summed E-state index contributed by atoms with van der Waals surface area (Å²) < 4.78 is 14.4. The number of nitrogens with two attached hydrogens (primary N) is 1. The van der Waals surface area contributed by atoms with Crippen LogP contribution >= 0.6 is 11.3 Å². The van der Waals surface area contributed by atoms with E-state index in [4.69, 9.17) is 30.1 Å². The first-order valence-corrected chi connectivity index (χ1v) is 17.1.